The summed E-state index contributed by atoms with van der Waals surface area (Å²) in [6.07, 6.45) is 3.76. The van der Waals surface area contributed by atoms with E-state index in [1.54, 1.807) is 6.26 Å². The highest BCUT2D eigenvalue weighted by molar-refractivity contribution is 5.39. The molecule has 1 aliphatic rings. The van der Waals surface area contributed by atoms with Crippen LogP contribution in [0.25, 0.3) is 0 Å². The Morgan fingerprint density at radius 2 is 2.16 bits per heavy atom. The highest BCUT2D eigenvalue weighted by atomic mass is 16.5. The normalized spacial score (nSPS) is 18.9. The van der Waals surface area contributed by atoms with Gasteiger partial charge in [-0.3, -0.25) is 0 Å². The van der Waals surface area contributed by atoms with Gasteiger partial charge in [0, 0.05) is 18.0 Å². The van der Waals surface area contributed by atoms with Gasteiger partial charge >= 0.3 is 0 Å². The molecule has 3 nitrogen and oxygen atoms in total. The summed E-state index contributed by atoms with van der Waals surface area (Å²) in [5.41, 5.74) is 1.27. The molecule has 0 saturated heterocycles. The number of furan rings is 1. The second kappa shape index (κ2) is 5.49. The first-order valence-corrected chi connectivity index (χ1v) is 6.83. The summed E-state index contributed by atoms with van der Waals surface area (Å²) in [4.78, 5) is 0. The predicted octanol–water partition coefficient (Wildman–Crippen LogP) is 3.32. The summed E-state index contributed by atoms with van der Waals surface area (Å²) >= 11 is 0. The van der Waals surface area contributed by atoms with Crippen LogP contribution in [0.15, 0.2) is 47.1 Å². The Hall–Kier alpha value is -1.74. The molecule has 0 radical (unpaired) electrons. The third kappa shape index (κ3) is 2.82. The lowest BCUT2D eigenvalue weighted by molar-refractivity contribution is 0.296. The van der Waals surface area contributed by atoms with Crippen LogP contribution in [0, 0.1) is 0 Å². The van der Waals surface area contributed by atoms with Gasteiger partial charge in [0.2, 0.25) is 0 Å². The highest BCUT2D eigenvalue weighted by Crippen LogP contribution is 2.32. The topological polar surface area (TPSA) is 34.4 Å². The summed E-state index contributed by atoms with van der Waals surface area (Å²) in [6.45, 7) is 2.94. The lowest BCUT2D eigenvalue weighted by atomic mass is 10.1. The Morgan fingerprint density at radius 3 is 3.00 bits per heavy atom. The van der Waals surface area contributed by atoms with Crippen molar-refractivity contribution >= 4 is 0 Å². The van der Waals surface area contributed by atoms with E-state index in [-0.39, 0.29) is 0 Å². The molecule has 2 unspecified atom stereocenters. The van der Waals surface area contributed by atoms with Crippen LogP contribution in [0.5, 0.6) is 5.75 Å². The van der Waals surface area contributed by atoms with Crippen molar-refractivity contribution in [2.45, 2.75) is 31.8 Å². The van der Waals surface area contributed by atoms with Crippen molar-refractivity contribution in [1.82, 2.24) is 5.32 Å². The van der Waals surface area contributed by atoms with Gasteiger partial charge in [-0.15, -0.1) is 0 Å². The molecule has 19 heavy (non-hydrogen) atoms. The van der Waals surface area contributed by atoms with Crippen LogP contribution >= 0.6 is 0 Å². The van der Waals surface area contributed by atoms with Crippen LogP contribution in [0.2, 0.25) is 0 Å². The van der Waals surface area contributed by atoms with Crippen LogP contribution in [-0.2, 0) is 6.42 Å². The SMILES string of the molecule is CC(CCc1ccco1)NC1COc2ccccc21. The lowest BCUT2D eigenvalue weighted by Crippen LogP contribution is -2.31. The Bertz CT molecular complexity index is 521. The fourth-order valence-electron chi connectivity index (χ4n) is 2.54. The second-order valence-corrected chi connectivity index (χ2v) is 5.09. The summed E-state index contributed by atoms with van der Waals surface area (Å²) in [5, 5.41) is 3.63. The van der Waals surface area contributed by atoms with Crippen LogP contribution in [0.1, 0.15) is 30.7 Å². The molecule has 0 amide bonds. The maximum Gasteiger partial charge on any atom is 0.124 e. The molecule has 100 valence electrons. The van der Waals surface area contributed by atoms with Crippen molar-refractivity contribution in [2.24, 2.45) is 0 Å². The van der Waals surface area contributed by atoms with Crippen molar-refractivity contribution in [3.63, 3.8) is 0 Å². The molecule has 2 heterocycles. The molecular weight excluding hydrogens is 238 g/mol. The molecule has 2 atom stereocenters. The Kier molecular flexibility index (Phi) is 3.56. The number of hydrogen-bond acceptors (Lipinski definition) is 3. The van der Waals surface area contributed by atoms with Crippen LogP contribution < -0.4 is 10.1 Å². The zero-order chi connectivity index (χ0) is 13.1. The number of hydrogen-bond donors (Lipinski definition) is 1. The van der Waals surface area contributed by atoms with E-state index in [4.69, 9.17) is 9.15 Å². The molecule has 3 heteroatoms. The smallest absolute Gasteiger partial charge is 0.124 e. The molecule has 1 N–H and O–H groups in total. The maximum atomic E-state index is 5.68. The monoisotopic (exact) mass is 257 g/mol. The van der Waals surface area contributed by atoms with E-state index in [9.17, 15) is 0 Å². The van der Waals surface area contributed by atoms with E-state index in [0.717, 1.165) is 31.0 Å². The van der Waals surface area contributed by atoms with Gasteiger partial charge < -0.3 is 14.5 Å². The van der Waals surface area contributed by atoms with Gasteiger partial charge in [-0.05, 0) is 31.5 Å². The van der Waals surface area contributed by atoms with Gasteiger partial charge in [-0.1, -0.05) is 18.2 Å². The zero-order valence-corrected chi connectivity index (χ0v) is 11.1. The molecule has 1 aliphatic heterocycles. The molecule has 0 bridgehead atoms. The fraction of sp³-hybridized carbons (Fsp3) is 0.375. The van der Waals surface area contributed by atoms with Crippen molar-refractivity contribution in [1.29, 1.82) is 0 Å². The van der Waals surface area contributed by atoms with Gasteiger partial charge in [-0.25, -0.2) is 0 Å². The van der Waals surface area contributed by atoms with Crippen molar-refractivity contribution in [2.75, 3.05) is 6.61 Å². The molecule has 1 aromatic heterocycles. The first kappa shape index (κ1) is 12.3. The van der Waals surface area contributed by atoms with E-state index >= 15 is 0 Å². The minimum absolute atomic E-state index is 0.308. The van der Waals surface area contributed by atoms with E-state index in [2.05, 4.69) is 24.4 Å². The van der Waals surface area contributed by atoms with E-state index in [1.807, 2.05) is 24.3 Å². The third-order valence-corrected chi connectivity index (χ3v) is 3.59. The number of para-hydroxylation sites is 1. The molecule has 0 spiro atoms. The molecule has 2 aromatic rings. The quantitative estimate of drug-likeness (QED) is 0.892. The van der Waals surface area contributed by atoms with Crippen molar-refractivity contribution in [3.05, 3.63) is 54.0 Å². The van der Waals surface area contributed by atoms with E-state index < -0.39 is 0 Å². The number of aryl methyl sites for hydroxylation is 1. The Labute approximate surface area is 113 Å². The fourth-order valence-corrected chi connectivity index (χ4v) is 2.54. The van der Waals surface area contributed by atoms with Crippen LogP contribution in [-0.4, -0.2) is 12.6 Å². The van der Waals surface area contributed by atoms with Gasteiger partial charge in [0.15, 0.2) is 0 Å². The Balaban J connectivity index is 1.54. The van der Waals surface area contributed by atoms with Crippen LogP contribution in [0.3, 0.4) is 0 Å². The maximum absolute atomic E-state index is 5.68. The average Bonchev–Trinajstić information content (AvgIpc) is 3.07. The molecule has 0 aliphatic carbocycles. The molecular formula is C16H19NO2. The molecule has 0 fully saturated rings. The third-order valence-electron chi connectivity index (χ3n) is 3.59. The van der Waals surface area contributed by atoms with Gasteiger partial charge in [0.25, 0.3) is 0 Å². The first-order valence-electron chi connectivity index (χ1n) is 6.83. The zero-order valence-electron chi connectivity index (χ0n) is 11.1. The second-order valence-electron chi connectivity index (χ2n) is 5.09. The minimum Gasteiger partial charge on any atom is -0.491 e. The summed E-state index contributed by atoms with van der Waals surface area (Å²) in [6, 6.07) is 13.0. The van der Waals surface area contributed by atoms with Gasteiger partial charge in [0.05, 0.1) is 12.3 Å². The first-order chi connectivity index (χ1) is 9.33. The number of fused-ring (bicyclic) bond motifs is 1. The van der Waals surface area contributed by atoms with E-state index in [1.165, 1.54) is 5.56 Å². The van der Waals surface area contributed by atoms with E-state index in [0.29, 0.717) is 12.1 Å². The predicted molar refractivity (Wildman–Crippen MR) is 74.3 cm³/mol. The van der Waals surface area contributed by atoms with Gasteiger partial charge in [0.1, 0.15) is 18.1 Å². The largest absolute Gasteiger partial charge is 0.491 e. The number of nitrogens with one attached hydrogen (secondary N) is 1. The highest BCUT2D eigenvalue weighted by Gasteiger charge is 2.24. The lowest BCUT2D eigenvalue weighted by Gasteiger charge is -2.18. The number of benzene rings is 1. The number of ether oxygens (including phenoxy) is 1. The minimum atomic E-state index is 0.308. The number of rotatable bonds is 5. The van der Waals surface area contributed by atoms with Crippen molar-refractivity contribution < 1.29 is 9.15 Å². The summed E-state index contributed by atoms with van der Waals surface area (Å²) < 4.78 is 11.0. The standard InChI is InChI=1S/C16H19NO2/c1-12(8-9-13-5-4-10-18-13)17-15-11-19-16-7-3-2-6-14(15)16/h2-7,10,12,15,17H,8-9,11H2,1H3. The Morgan fingerprint density at radius 1 is 1.26 bits per heavy atom. The molecule has 0 saturated carbocycles. The summed E-state index contributed by atoms with van der Waals surface area (Å²) in [5.74, 6) is 2.06. The molecule has 1 aromatic carbocycles. The average molecular weight is 257 g/mol. The van der Waals surface area contributed by atoms with Crippen molar-refractivity contribution in [3.8, 4) is 5.75 Å². The van der Waals surface area contributed by atoms with Crippen LogP contribution in [0.4, 0.5) is 0 Å². The summed E-state index contributed by atoms with van der Waals surface area (Å²) in [7, 11) is 0. The van der Waals surface area contributed by atoms with Gasteiger partial charge in [-0.2, -0.15) is 0 Å². The molecule has 3 rings (SSSR count).